The highest BCUT2D eigenvalue weighted by atomic mass is 16.5. The van der Waals surface area contributed by atoms with E-state index in [4.69, 9.17) is 4.74 Å². The highest BCUT2D eigenvalue weighted by Crippen LogP contribution is 2.31. The van der Waals surface area contributed by atoms with Crippen LogP contribution in [0, 0.1) is 0 Å². The minimum atomic E-state index is -0.456. The summed E-state index contributed by atoms with van der Waals surface area (Å²) in [6.07, 6.45) is 1.52. The Labute approximate surface area is 152 Å². The van der Waals surface area contributed by atoms with Gasteiger partial charge in [0.15, 0.2) is 0 Å². The lowest BCUT2D eigenvalue weighted by Gasteiger charge is -2.12. The third-order valence-electron chi connectivity index (χ3n) is 4.52. The maximum absolute atomic E-state index is 12.1. The van der Waals surface area contributed by atoms with Gasteiger partial charge in [-0.1, -0.05) is 54.6 Å². The van der Waals surface area contributed by atoms with Crippen molar-refractivity contribution in [2.24, 2.45) is 0 Å². The zero-order chi connectivity index (χ0) is 17.8. The number of para-hydroxylation sites is 1. The maximum Gasteiger partial charge on any atom is 0.411 e. The molecule has 0 bridgehead atoms. The molecule has 4 nitrogen and oxygen atoms in total. The highest BCUT2D eigenvalue weighted by Gasteiger charge is 2.13. The zero-order valence-electron chi connectivity index (χ0n) is 14.4. The van der Waals surface area contributed by atoms with Gasteiger partial charge < -0.3 is 10.1 Å². The fraction of sp³-hybridized carbons (Fsp3) is 0.136. The van der Waals surface area contributed by atoms with Gasteiger partial charge in [0.05, 0.1) is 0 Å². The quantitative estimate of drug-likeness (QED) is 0.680. The Kier molecular flexibility index (Phi) is 4.56. The number of carbonyl (C=O) groups is 1. The number of ether oxygens (including phenoxy) is 1. The molecule has 0 saturated heterocycles. The first-order valence-corrected chi connectivity index (χ1v) is 8.73. The Morgan fingerprint density at radius 3 is 2.46 bits per heavy atom. The van der Waals surface area contributed by atoms with Crippen molar-refractivity contribution in [2.45, 2.75) is 19.4 Å². The summed E-state index contributed by atoms with van der Waals surface area (Å²) in [6, 6.07) is 23.9. The van der Waals surface area contributed by atoms with Crippen molar-refractivity contribution in [3.8, 4) is 0 Å². The number of anilines is 3. The Balaban J connectivity index is 1.44. The molecule has 0 fully saturated rings. The van der Waals surface area contributed by atoms with Crippen molar-refractivity contribution < 1.29 is 9.53 Å². The third-order valence-corrected chi connectivity index (χ3v) is 4.52. The van der Waals surface area contributed by atoms with Gasteiger partial charge in [-0.2, -0.15) is 0 Å². The first-order chi connectivity index (χ1) is 12.8. The van der Waals surface area contributed by atoms with Crippen LogP contribution in [0.25, 0.3) is 0 Å². The summed E-state index contributed by atoms with van der Waals surface area (Å²) >= 11 is 0. The SMILES string of the molecule is O=C(Nc1ccc2c(c1)Nc1ccccc1CC2)OCc1ccccc1. The van der Waals surface area contributed by atoms with Crippen LogP contribution in [0.15, 0.2) is 72.8 Å². The van der Waals surface area contributed by atoms with Crippen LogP contribution in [0.2, 0.25) is 0 Å². The van der Waals surface area contributed by atoms with Gasteiger partial charge in [0.25, 0.3) is 0 Å². The van der Waals surface area contributed by atoms with E-state index in [9.17, 15) is 4.79 Å². The number of fused-ring (bicyclic) bond motifs is 2. The van der Waals surface area contributed by atoms with E-state index in [1.807, 2.05) is 48.5 Å². The molecule has 1 heterocycles. The summed E-state index contributed by atoms with van der Waals surface area (Å²) < 4.78 is 5.29. The Morgan fingerprint density at radius 2 is 1.62 bits per heavy atom. The predicted molar refractivity (Wildman–Crippen MR) is 104 cm³/mol. The minimum Gasteiger partial charge on any atom is -0.444 e. The number of nitrogens with one attached hydrogen (secondary N) is 2. The molecule has 3 aromatic rings. The second-order valence-electron chi connectivity index (χ2n) is 6.34. The van der Waals surface area contributed by atoms with E-state index in [2.05, 4.69) is 34.9 Å². The molecule has 1 aliphatic rings. The maximum atomic E-state index is 12.1. The average molecular weight is 344 g/mol. The fourth-order valence-electron chi connectivity index (χ4n) is 3.14. The number of amides is 1. The smallest absolute Gasteiger partial charge is 0.411 e. The second-order valence-corrected chi connectivity index (χ2v) is 6.34. The monoisotopic (exact) mass is 344 g/mol. The summed E-state index contributed by atoms with van der Waals surface area (Å²) in [7, 11) is 0. The molecule has 1 aliphatic heterocycles. The molecule has 0 atom stereocenters. The van der Waals surface area contributed by atoms with Crippen molar-refractivity contribution >= 4 is 23.2 Å². The van der Waals surface area contributed by atoms with Gasteiger partial charge in [-0.3, -0.25) is 5.32 Å². The largest absolute Gasteiger partial charge is 0.444 e. The van der Waals surface area contributed by atoms with Gasteiger partial charge in [0.1, 0.15) is 6.61 Å². The molecule has 2 N–H and O–H groups in total. The molecule has 0 saturated carbocycles. The molecule has 3 aromatic carbocycles. The van der Waals surface area contributed by atoms with E-state index >= 15 is 0 Å². The highest BCUT2D eigenvalue weighted by molar-refractivity contribution is 5.86. The third kappa shape index (κ3) is 3.70. The first kappa shape index (κ1) is 16.2. The van der Waals surface area contributed by atoms with E-state index in [1.165, 1.54) is 11.1 Å². The van der Waals surface area contributed by atoms with Crippen molar-refractivity contribution in [3.05, 3.63) is 89.5 Å². The summed E-state index contributed by atoms with van der Waals surface area (Å²) in [4.78, 5) is 12.1. The Bertz CT molecular complexity index is 922. The van der Waals surface area contributed by atoms with Crippen molar-refractivity contribution in [3.63, 3.8) is 0 Å². The molecule has 130 valence electrons. The lowest BCUT2D eigenvalue weighted by Crippen LogP contribution is -2.13. The van der Waals surface area contributed by atoms with Gasteiger partial charge >= 0.3 is 6.09 Å². The number of benzene rings is 3. The van der Waals surface area contributed by atoms with Crippen molar-refractivity contribution in [1.29, 1.82) is 0 Å². The van der Waals surface area contributed by atoms with Crippen LogP contribution in [0.5, 0.6) is 0 Å². The molecule has 1 amide bonds. The number of hydrogen-bond donors (Lipinski definition) is 2. The molecule has 0 radical (unpaired) electrons. The van der Waals surface area contributed by atoms with Crippen LogP contribution in [-0.4, -0.2) is 6.09 Å². The molecule has 26 heavy (non-hydrogen) atoms. The molecule has 0 aliphatic carbocycles. The van der Waals surface area contributed by atoms with Crippen LogP contribution in [0.3, 0.4) is 0 Å². The van der Waals surface area contributed by atoms with Gasteiger partial charge in [-0.15, -0.1) is 0 Å². The lowest BCUT2D eigenvalue weighted by atomic mass is 10.0. The van der Waals surface area contributed by atoms with Crippen LogP contribution in [0.4, 0.5) is 21.9 Å². The standard InChI is InChI=1S/C22H20N2O2/c25-22(26-15-16-6-2-1-3-7-16)23-19-13-12-18-11-10-17-8-4-5-9-20(17)24-21(18)14-19/h1-9,12-14,24H,10-11,15H2,(H,23,25). The summed E-state index contributed by atoms with van der Waals surface area (Å²) in [5.74, 6) is 0. The zero-order valence-corrected chi connectivity index (χ0v) is 14.4. The molecule has 0 unspecified atom stereocenters. The van der Waals surface area contributed by atoms with E-state index < -0.39 is 6.09 Å². The normalized spacial score (nSPS) is 12.2. The minimum absolute atomic E-state index is 0.253. The van der Waals surface area contributed by atoms with Gasteiger partial charge in [-0.25, -0.2) is 4.79 Å². The Hall–Kier alpha value is -3.27. The fourth-order valence-corrected chi connectivity index (χ4v) is 3.14. The van der Waals surface area contributed by atoms with Crippen molar-refractivity contribution in [1.82, 2.24) is 0 Å². The number of aryl methyl sites for hydroxylation is 2. The molecule has 4 heteroatoms. The van der Waals surface area contributed by atoms with E-state index in [1.54, 1.807) is 0 Å². The van der Waals surface area contributed by atoms with Crippen molar-refractivity contribution in [2.75, 3.05) is 10.6 Å². The molecule has 0 spiro atoms. The summed E-state index contributed by atoms with van der Waals surface area (Å²) in [6.45, 7) is 0.253. The topological polar surface area (TPSA) is 50.4 Å². The molecule has 4 rings (SSSR count). The van der Waals surface area contributed by atoms with Gasteiger partial charge in [-0.05, 0) is 47.7 Å². The van der Waals surface area contributed by atoms with Gasteiger partial charge in [0, 0.05) is 17.1 Å². The lowest BCUT2D eigenvalue weighted by molar-refractivity contribution is 0.155. The second kappa shape index (κ2) is 7.31. The molecular weight excluding hydrogens is 324 g/mol. The Morgan fingerprint density at radius 1 is 0.885 bits per heavy atom. The molecular formula is C22H20N2O2. The molecule has 0 aromatic heterocycles. The number of rotatable bonds is 3. The van der Waals surface area contributed by atoms with E-state index in [0.29, 0.717) is 5.69 Å². The van der Waals surface area contributed by atoms with E-state index in [-0.39, 0.29) is 6.61 Å². The summed E-state index contributed by atoms with van der Waals surface area (Å²) in [5, 5.41) is 6.29. The van der Waals surface area contributed by atoms with Crippen LogP contribution in [-0.2, 0) is 24.2 Å². The number of hydrogen-bond acceptors (Lipinski definition) is 3. The first-order valence-electron chi connectivity index (χ1n) is 8.73. The summed E-state index contributed by atoms with van der Waals surface area (Å²) in [5.41, 5.74) is 6.37. The van der Waals surface area contributed by atoms with Crippen LogP contribution >= 0.6 is 0 Å². The van der Waals surface area contributed by atoms with Gasteiger partial charge in [0.2, 0.25) is 0 Å². The van der Waals surface area contributed by atoms with Crippen LogP contribution in [0.1, 0.15) is 16.7 Å². The predicted octanol–water partition coefficient (Wildman–Crippen LogP) is 5.28. The average Bonchev–Trinajstić information content (AvgIpc) is 2.86. The van der Waals surface area contributed by atoms with Crippen LogP contribution < -0.4 is 10.6 Å². The number of carbonyl (C=O) groups excluding carboxylic acids is 1. The van der Waals surface area contributed by atoms with E-state index in [0.717, 1.165) is 29.8 Å².